The summed E-state index contributed by atoms with van der Waals surface area (Å²) in [5, 5.41) is 0.741. The highest BCUT2D eigenvalue weighted by molar-refractivity contribution is 7.90. The third kappa shape index (κ3) is 5.07. The van der Waals surface area contributed by atoms with Gasteiger partial charge in [-0.3, -0.25) is 14.5 Å². The molecule has 0 aliphatic carbocycles. The van der Waals surface area contributed by atoms with Gasteiger partial charge in [-0.15, -0.1) is 0 Å². The van der Waals surface area contributed by atoms with Gasteiger partial charge in [-0.1, -0.05) is 42.3 Å². The molecule has 7 nitrogen and oxygen atoms in total. The van der Waals surface area contributed by atoms with Crippen molar-refractivity contribution in [1.82, 2.24) is 9.62 Å². The van der Waals surface area contributed by atoms with E-state index in [-0.39, 0.29) is 10.8 Å². The van der Waals surface area contributed by atoms with Gasteiger partial charge in [-0.25, -0.2) is 8.42 Å². The molecule has 2 aromatic rings. The number of fused-ring (bicyclic) bond motifs is 1. The predicted molar refractivity (Wildman–Crippen MR) is 127 cm³/mol. The van der Waals surface area contributed by atoms with Gasteiger partial charge in [0.05, 0.1) is 15.6 Å². The second kappa shape index (κ2) is 9.92. The number of amides is 1. The summed E-state index contributed by atoms with van der Waals surface area (Å²) in [5.41, 5.74) is 1.65. The molecular weight excluding hydrogens is 448 g/mol. The molecule has 0 radical (unpaired) electrons. The number of sulfonamides is 1. The topological polar surface area (TPSA) is 82.1 Å². The van der Waals surface area contributed by atoms with E-state index in [0.717, 1.165) is 43.1 Å². The van der Waals surface area contributed by atoms with Crippen LogP contribution in [0.25, 0.3) is 0 Å². The summed E-state index contributed by atoms with van der Waals surface area (Å²) in [4.78, 5) is 21.4. The highest BCUT2D eigenvalue weighted by Crippen LogP contribution is 2.26. The Balaban J connectivity index is 1.17. The Bertz CT molecular complexity index is 1110. The van der Waals surface area contributed by atoms with E-state index in [1.54, 1.807) is 24.3 Å². The summed E-state index contributed by atoms with van der Waals surface area (Å²) < 4.78 is 26.7. The quantitative estimate of drug-likeness (QED) is 0.624. The SMILES string of the molecule is O=C(CCCCCN=C1NS(=O)(=O)c2ccccc21)N1CCN(c2ccccc2Cl)CC1. The third-order valence-electron chi connectivity index (χ3n) is 5.81. The second-order valence-corrected chi connectivity index (χ2v) is 10.0. The van der Waals surface area contributed by atoms with Crippen LogP contribution in [0, 0.1) is 0 Å². The first kappa shape index (κ1) is 22.6. The molecule has 1 fully saturated rings. The molecule has 0 unspecified atom stereocenters. The van der Waals surface area contributed by atoms with Crippen LogP contribution in [-0.2, 0) is 14.8 Å². The number of piperazine rings is 1. The molecular formula is C23H27ClN4O3S. The Morgan fingerprint density at radius 2 is 1.69 bits per heavy atom. The Labute approximate surface area is 194 Å². The molecule has 2 aromatic carbocycles. The van der Waals surface area contributed by atoms with E-state index in [1.165, 1.54) is 0 Å². The van der Waals surface area contributed by atoms with Crippen LogP contribution in [0.2, 0.25) is 5.02 Å². The molecule has 2 aliphatic rings. The number of carbonyl (C=O) groups is 1. The minimum absolute atomic E-state index is 0.188. The maximum absolute atomic E-state index is 12.5. The lowest BCUT2D eigenvalue weighted by Gasteiger charge is -2.36. The molecule has 170 valence electrons. The molecule has 0 bridgehead atoms. The van der Waals surface area contributed by atoms with Crippen LogP contribution in [0.1, 0.15) is 31.2 Å². The average molecular weight is 475 g/mol. The van der Waals surface area contributed by atoms with Gasteiger partial charge in [0.1, 0.15) is 5.84 Å². The fourth-order valence-corrected chi connectivity index (χ4v) is 5.58. The van der Waals surface area contributed by atoms with Crippen molar-refractivity contribution in [1.29, 1.82) is 0 Å². The molecule has 2 aliphatic heterocycles. The van der Waals surface area contributed by atoms with E-state index < -0.39 is 10.0 Å². The lowest BCUT2D eigenvalue weighted by Crippen LogP contribution is -2.48. The van der Waals surface area contributed by atoms with Crippen LogP contribution in [0.3, 0.4) is 0 Å². The first-order valence-electron chi connectivity index (χ1n) is 10.9. The number of amidine groups is 1. The summed E-state index contributed by atoms with van der Waals surface area (Å²) >= 11 is 6.28. The van der Waals surface area contributed by atoms with Crippen molar-refractivity contribution in [3.8, 4) is 0 Å². The van der Waals surface area contributed by atoms with Gasteiger partial charge in [0.2, 0.25) is 5.91 Å². The van der Waals surface area contributed by atoms with Crippen molar-refractivity contribution >= 4 is 39.1 Å². The van der Waals surface area contributed by atoms with E-state index in [4.69, 9.17) is 11.6 Å². The van der Waals surface area contributed by atoms with Crippen LogP contribution in [-0.4, -0.2) is 57.8 Å². The molecule has 4 rings (SSSR count). The summed E-state index contributed by atoms with van der Waals surface area (Å²) in [6.45, 7) is 3.50. The fourth-order valence-electron chi connectivity index (χ4n) is 4.07. The number of nitrogens with zero attached hydrogens (tertiary/aromatic N) is 3. The normalized spacial score (nSPS) is 18.5. The van der Waals surface area contributed by atoms with Crippen LogP contribution < -0.4 is 9.62 Å². The number of anilines is 1. The zero-order valence-electron chi connectivity index (χ0n) is 17.8. The summed E-state index contributed by atoms with van der Waals surface area (Å²) in [7, 11) is -3.49. The van der Waals surface area contributed by atoms with Crippen molar-refractivity contribution in [2.24, 2.45) is 4.99 Å². The second-order valence-electron chi connectivity index (χ2n) is 7.96. The Morgan fingerprint density at radius 1 is 0.969 bits per heavy atom. The minimum Gasteiger partial charge on any atom is -0.367 e. The summed E-state index contributed by atoms with van der Waals surface area (Å²) in [5.74, 6) is 0.598. The van der Waals surface area contributed by atoms with Gasteiger partial charge >= 0.3 is 0 Å². The van der Waals surface area contributed by atoms with E-state index in [2.05, 4.69) is 14.6 Å². The van der Waals surface area contributed by atoms with E-state index in [9.17, 15) is 13.2 Å². The monoisotopic (exact) mass is 474 g/mol. The van der Waals surface area contributed by atoms with Gasteiger partial charge < -0.3 is 9.80 Å². The van der Waals surface area contributed by atoms with Crippen molar-refractivity contribution in [2.45, 2.75) is 30.6 Å². The summed E-state index contributed by atoms with van der Waals surface area (Å²) in [6.07, 6.45) is 3.01. The molecule has 0 spiro atoms. The van der Waals surface area contributed by atoms with Gasteiger partial charge in [-0.05, 0) is 37.1 Å². The largest absolute Gasteiger partial charge is 0.367 e. The molecule has 1 amide bonds. The molecule has 1 saturated heterocycles. The van der Waals surface area contributed by atoms with Crippen LogP contribution in [0.5, 0.6) is 0 Å². The molecule has 0 saturated carbocycles. The zero-order valence-corrected chi connectivity index (χ0v) is 19.4. The first-order chi connectivity index (χ1) is 15.5. The number of unbranched alkanes of at least 4 members (excludes halogenated alkanes) is 2. The predicted octanol–water partition coefficient (Wildman–Crippen LogP) is 3.29. The molecule has 0 atom stereocenters. The number of para-hydroxylation sites is 1. The number of benzene rings is 2. The highest BCUT2D eigenvalue weighted by atomic mass is 35.5. The maximum Gasteiger partial charge on any atom is 0.263 e. The maximum atomic E-state index is 12.5. The van der Waals surface area contributed by atoms with Crippen LogP contribution in [0.15, 0.2) is 58.4 Å². The smallest absolute Gasteiger partial charge is 0.263 e. The Morgan fingerprint density at radius 3 is 2.47 bits per heavy atom. The van der Waals surface area contributed by atoms with Gasteiger partial charge in [0.15, 0.2) is 0 Å². The van der Waals surface area contributed by atoms with Crippen molar-refractivity contribution in [3.63, 3.8) is 0 Å². The first-order valence-corrected chi connectivity index (χ1v) is 12.8. The number of hydrogen-bond acceptors (Lipinski definition) is 5. The molecule has 1 N–H and O–H groups in total. The van der Waals surface area contributed by atoms with E-state index >= 15 is 0 Å². The lowest BCUT2D eigenvalue weighted by atomic mass is 10.1. The Kier molecular flexibility index (Phi) is 7.01. The van der Waals surface area contributed by atoms with Crippen molar-refractivity contribution in [2.75, 3.05) is 37.6 Å². The lowest BCUT2D eigenvalue weighted by molar-refractivity contribution is -0.131. The van der Waals surface area contributed by atoms with Gasteiger partial charge in [0.25, 0.3) is 10.0 Å². The highest BCUT2D eigenvalue weighted by Gasteiger charge is 2.29. The van der Waals surface area contributed by atoms with Crippen molar-refractivity contribution in [3.05, 3.63) is 59.1 Å². The number of hydrogen-bond donors (Lipinski definition) is 1. The van der Waals surface area contributed by atoms with Gasteiger partial charge in [-0.2, -0.15) is 0 Å². The van der Waals surface area contributed by atoms with Crippen molar-refractivity contribution < 1.29 is 13.2 Å². The number of aliphatic imine (C=N–C) groups is 1. The fraction of sp³-hybridized carbons (Fsp3) is 0.391. The standard InChI is InChI=1S/C23H27ClN4O3S/c24-19-9-4-5-10-20(19)27-14-16-28(17-15-27)22(29)12-2-1-7-13-25-23-18-8-3-6-11-21(18)32(30,31)26-23/h3-6,8-11H,1-2,7,12-17H2,(H,25,26). The molecule has 32 heavy (non-hydrogen) atoms. The third-order valence-corrected chi connectivity index (χ3v) is 7.52. The minimum atomic E-state index is -3.49. The number of rotatable bonds is 7. The van der Waals surface area contributed by atoms with Crippen LogP contribution in [0.4, 0.5) is 5.69 Å². The molecule has 9 heteroatoms. The number of carbonyl (C=O) groups excluding carboxylic acids is 1. The zero-order chi connectivity index (χ0) is 22.6. The molecule has 0 aromatic heterocycles. The Hall–Kier alpha value is -2.58. The number of nitrogens with one attached hydrogen (secondary N) is 1. The number of halogens is 1. The van der Waals surface area contributed by atoms with E-state index in [0.29, 0.717) is 37.5 Å². The average Bonchev–Trinajstić information content (AvgIpc) is 3.06. The summed E-state index contributed by atoms with van der Waals surface area (Å²) in [6, 6.07) is 14.6. The molecule has 2 heterocycles. The van der Waals surface area contributed by atoms with E-state index in [1.807, 2.05) is 29.2 Å². The van der Waals surface area contributed by atoms with Crippen LogP contribution >= 0.6 is 11.6 Å². The van der Waals surface area contributed by atoms with Gasteiger partial charge in [0, 0.05) is 44.7 Å².